The molecule has 1 aliphatic rings. The standard InChI is InChI=1S/C21H20F3N5O2S/c1-32(30,31)17-7-5-15(6-8-17)14-29-19(18-4-2-3-11-25-18)26-27-20(29)28-12-9-16(10-13-28)21(22,23)24/h2-9,11H,10,12-14H2,1H3. The lowest BCUT2D eigenvalue weighted by atomic mass is 10.1. The van der Waals surface area contributed by atoms with Gasteiger partial charge in [0.25, 0.3) is 0 Å². The summed E-state index contributed by atoms with van der Waals surface area (Å²) in [5.74, 6) is 0.897. The average molecular weight is 463 g/mol. The Bertz CT molecular complexity index is 1240. The minimum Gasteiger partial charge on any atom is -0.337 e. The number of benzene rings is 1. The molecule has 0 unspecified atom stereocenters. The van der Waals surface area contributed by atoms with Gasteiger partial charge in [-0.05, 0) is 36.2 Å². The van der Waals surface area contributed by atoms with E-state index in [0.29, 0.717) is 24.0 Å². The summed E-state index contributed by atoms with van der Waals surface area (Å²) in [6, 6.07) is 11.8. The van der Waals surface area contributed by atoms with Crippen molar-refractivity contribution >= 4 is 15.8 Å². The summed E-state index contributed by atoms with van der Waals surface area (Å²) in [4.78, 5) is 6.26. The first-order valence-corrected chi connectivity index (χ1v) is 11.7. The van der Waals surface area contributed by atoms with Crippen LogP contribution >= 0.6 is 0 Å². The van der Waals surface area contributed by atoms with Crippen molar-refractivity contribution in [2.24, 2.45) is 0 Å². The van der Waals surface area contributed by atoms with E-state index in [1.54, 1.807) is 46.0 Å². The molecular weight excluding hydrogens is 443 g/mol. The normalized spacial score (nSPS) is 15.0. The van der Waals surface area contributed by atoms with Crippen LogP contribution in [-0.4, -0.2) is 53.7 Å². The number of sulfone groups is 1. The van der Waals surface area contributed by atoms with Gasteiger partial charge in [0.1, 0.15) is 5.69 Å². The predicted octanol–water partition coefficient (Wildman–Crippen LogP) is 3.49. The summed E-state index contributed by atoms with van der Waals surface area (Å²) in [7, 11) is -3.32. The highest BCUT2D eigenvalue weighted by atomic mass is 32.2. The first-order valence-electron chi connectivity index (χ1n) is 9.78. The van der Waals surface area contributed by atoms with E-state index < -0.39 is 21.6 Å². The van der Waals surface area contributed by atoms with Gasteiger partial charge in [0.15, 0.2) is 15.7 Å². The number of anilines is 1. The van der Waals surface area contributed by atoms with Crippen molar-refractivity contribution in [2.45, 2.75) is 24.0 Å². The zero-order valence-corrected chi connectivity index (χ0v) is 17.9. The van der Waals surface area contributed by atoms with Crippen molar-refractivity contribution in [3.63, 3.8) is 0 Å². The minimum absolute atomic E-state index is 0.0577. The largest absolute Gasteiger partial charge is 0.412 e. The van der Waals surface area contributed by atoms with Gasteiger partial charge in [-0.1, -0.05) is 24.3 Å². The smallest absolute Gasteiger partial charge is 0.337 e. The molecule has 0 fully saturated rings. The van der Waals surface area contributed by atoms with Crippen LogP contribution in [0.3, 0.4) is 0 Å². The minimum atomic E-state index is -4.33. The second-order valence-electron chi connectivity index (χ2n) is 7.46. The van der Waals surface area contributed by atoms with Crippen LogP contribution in [0, 0.1) is 0 Å². The van der Waals surface area contributed by atoms with Crippen LogP contribution < -0.4 is 4.90 Å². The molecule has 0 spiro atoms. The van der Waals surface area contributed by atoms with Crippen molar-refractivity contribution in [2.75, 3.05) is 24.2 Å². The second-order valence-corrected chi connectivity index (χ2v) is 9.48. The first kappa shape index (κ1) is 22.0. The van der Waals surface area contributed by atoms with E-state index in [9.17, 15) is 21.6 Å². The van der Waals surface area contributed by atoms with E-state index in [4.69, 9.17) is 0 Å². The molecule has 3 heterocycles. The van der Waals surface area contributed by atoms with Gasteiger partial charge < -0.3 is 4.90 Å². The molecule has 0 radical (unpaired) electrons. The fraction of sp³-hybridized carbons (Fsp3) is 0.286. The van der Waals surface area contributed by atoms with Gasteiger partial charge in [0.2, 0.25) is 5.95 Å². The van der Waals surface area contributed by atoms with Gasteiger partial charge in [0, 0.05) is 31.1 Å². The van der Waals surface area contributed by atoms with Gasteiger partial charge in [-0.25, -0.2) is 8.42 Å². The molecule has 0 aliphatic carbocycles. The van der Waals surface area contributed by atoms with Crippen LogP contribution in [0.4, 0.5) is 19.1 Å². The molecule has 7 nitrogen and oxygen atoms in total. The Morgan fingerprint density at radius 2 is 1.81 bits per heavy atom. The van der Waals surface area contributed by atoms with Crippen molar-refractivity contribution in [1.82, 2.24) is 19.7 Å². The lowest BCUT2D eigenvalue weighted by Gasteiger charge is -2.28. The molecule has 0 atom stereocenters. The SMILES string of the molecule is CS(=O)(=O)c1ccc(Cn2c(-c3ccccn3)nnc2N2CC=C(C(F)(F)F)CC2)cc1. The lowest BCUT2D eigenvalue weighted by Crippen LogP contribution is -2.34. The first-order chi connectivity index (χ1) is 15.1. The number of rotatable bonds is 5. The summed E-state index contributed by atoms with van der Waals surface area (Å²) < 4.78 is 64.3. The molecule has 11 heteroatoms. The molecule has 1 aromatic carbocycles. The number of pyridine rings is 1. The Morgan fingerprint density at radius 1 is 1.06 bits per heavy atom. The number of alkyl halides is 3. The van der Waals surface area contributed by atoms with Gasteiger partial charge in [0.05, 0.1) is 11.4 Å². The van der Waals surface area contributed by atoms with Gasteiger partial charge in [-0.15, -0.1) is 10.2 Å². The van der Waals surface area contributed by atoms with Gasteiger partial charge in [-0.3, -0.25) is 9.55 Å². The Labute approximate surface area is 183 Å². The fourth-order valence-corrected chi connectivity index (χ4v) is 4.12. The molecule has 0 N–H and O–H groups in total. The summed E-state index contributed by atoms with van der Waals surface area (Å²) in [5, 5.41) is 8.50. The van der Waals surface area contributed by atoms with Crippen molar-refractivity contribution in [3.05, 3.63) is 65.9 Å². The monoisotopic (exact) mass is 463 g/mol. The third-order valence-corrected chi connectivity index (χ3v) is 6.30. The van der Waals surface area contributed by atoms with Crippen molar-refractivity contribution in [1.29, 1.82) is 0 Å². The van der Waals surface area contributed by atoms with Crippen LogP contribution in [0.1, 0.15) is 12.0 Å². The Hall–Kier alpha value is -3.21. The third-order valence-electron chi connectivity index (χ3n) is 5.17. The highest BCUT2D eigenvalue weighted by Gasteiger charge is 2.35. The molecule has 32 heavy (non-hydrogen) atoms. The molecule has 1 aliphatic heterocycles. The zero-order valence-electron chi connectivity index (χ0n) is 17.1. The topological polar surface area (TPSA) is 81.0 Å². The molecule has 3 aromatic rings. The Balaban J connectivity index is 1.70. The van der Waals surface area contributed by atoms with Crippen LogP contribution in [0.25, 0.3) is 11.5 Å². The van der Waals surface area contributed by atoms with E-state index in [-0.39, 0.29) is 24.4 Å². The quantitative estimate of drug-likeness (QED) is 0.539. The van der Waals surface area contributed by atoms with Crippen LogP contribution in [0.2, 0.25) is 0 Å². The predicted molar refractivity (Wildman–Crippen MR) is 113 cm³/mol. The Morgan fingerprint density at radius 3 is 2.38 bits per heavy atom. The van der Waals surface area contributed by atoms with E-state index in [0.717, 1.165) is 11.8 Å². The maximum absolute atomic E-state index is 13.0. The van der Waals surface area contributed by atoms with Gasteiger partial charge in [-0.2, -0.15) is 13.2 Å². The van der Waals surface area contributed by atoms with Crippen molar-refractivity contribution in [3.8, 4) is 11.5 Å². The summed E-state index contributed by atoms with van der Waals surface area (Å²) in [6.45, 7) is 0.506. The number of aromatic nitrogens is 4. The van der Waals surface area contributed by atoms with E-state index in [2.05, 4.69) is 15.2 Å². The fourth-order valence-electron chi connectivity index (χ4n) is 3.49. The van der Waals surface area contributed by atoms with Gasteiger partial charge >= 0.3 is 6.18 Å². The summed E-state index contributed by atoms with van der Waals surface area (Å²) >= 11 is 0. The molecule has 0 saturated carbocycles. The number of halogens is 3. The number of hydrogen-bond acceptors (Lipinski definition) is 6. The number of hydrogen-bond donors (Lipinski definition) is 0. The average Bonchev–Trinajstić information content (AvgIpc) is 3.17. The summed E-state index contributed by atoms with van der Waals surface area (Å²) in [5.41, 5.74) is 0.822. The third kappa shape index (κ3) is 4.67. The van der Waals surface area contributed by atoms with E-state index in [1.165, 1.54) is 18.2 Å². The molecule has 168 valence electrons. The maximum atomic E-state index is 13.0. The second kappa shape index (κ2) is 8.38. The molecule has 4 rings (SSSR count). The lowest BCUT2D eigenvalue weighted by molar-refractivity contribution is -0.0944. The molecule has 2 aromatic heterocycles. The van der Waals surface area contributed by atoms with Crippen molar-refractivity contribution < 1.29 is 21.6 Å². The number of nitrogens with zero attached hydrogens (tertiary/aromatic N) is 5. The Kier molecular flexibility index (Phi) is 5.76. The van der Waals surface area contributed by atoms with E-state index >= 15 is 0 Å². The van der Waals surface area contributed by atoms with Crippen LogP contribution in [0.5, 0.6) is 0 Å². The molecule has 0 amide bonds. The highest BCUT2D eigenvalue weighted by Crippen LogP contribution is 2.32. The van der Waals surface area contributed by atoms with Crippen LogP contribution in [0.15, 0.2) is 65.2 Å². The van der Waals surface area contributed by atoms with Crippen LogP contribution in [-0.2, 0) is 16.4 Å². The highest BCUT2D eigenvalue weighted by molar-refractivity contribution is 7.90. The molecule has 0 saturated heterocycles. The van der Waals surface area contributed by atoms with E-state index in [1.807, 2.05) is 0 Å². The zero-order chi connectivity index (χ0) is 22.9. The molecule has 0 bridgehead atoms. The molecular formula is C21H20F3N5O2S. The summed E-state index contributed by atoms with van der Waals surface area (Å²) in [6.07, 6.45) is -0.547. The maximum Gasteiger partial charge on any atom is 0.412 e.